The molecule has 0 saturated carbocycles. The molecule has 2 rings (SSSR count). The highest BCUT2D eigenvalue weighted by Crippen LogP contribution is 2.41. The number of alkyl halides is 1. The smallest absolute Gasteiger partial charge is 0.124 e. The molecule has 0 heterocycles. The minimum atomic E-state index is -0.688. The summed E-state index contributed by atoms with van der Waals surface area (Å²) in [6, 6.07) is 9.23. The van der Waals surface area contributed by atoms with E-state index in [1.165, 1.54) is 25.3 Å². The van der Waals surface area contributed by atoms with Gasteiger partial charge in [-0.1, -0.05) is 29.3 Å². The van der Waals surface area contributed by atoms with Gasteiger partial charge in [0.2, 0.25) is 0 Å². The minimum Gasteiger partial charge on any atom is -0.496 e. The molecule has 0 aliphatic carbocycles. The molecule has 1 nitrogen and oxygen atoms in total. The normalized spacial score (nSPS) is 12.3. The highest BCUT2D eigenvalue weighted by molar-refractivity contribution is 6.38. The van der Waals surface area contributed by atoms with E-state index >= 15 is 0 Å². The number of hydrogen-bond donors (Lipinski definition) is 0. The largest absolute Gasteiger partial charge is 0.496 e. The van der Waals surface area contributed by atoms with Crippen LogP contribution in [0, 0.1) is 5.82 Å². The van der Waals surface area contributed by atoms with Gasteiger partial charge in [0.25, 0.3) is 0 Å². The second kappa shape index (κ2) is 6.00. The summed E-state index contributed by atoms with van der Waals surface area (Å²) in [5.41, 5.74) is 1.02. The predicted octanol–water partition coefficient (Wildman–Crippen LogP) is 5.47. The highest BCUT2D eigenvalue weighted by Gasteiger charge is 2.21. The SMILES string of the molecule is COc1ccc(F)cc1C(Cl)c1c(Cl)cccc1Cl. The summed E-state index contributed by atoms with van der Waals surface area (Å²) in [4.78, 5) is 0. The number of rotatable bonds is 3. The van der Waals surface area contributed by atoms with Crippen molar-refractivity contribution < 1.29 is 9.13 Å². The third-order valence-corrected chi connectivity index (χ3v) is 3.83. The molecule has 0 amide bonds. The molecule has 0 aliphatic heterocycles. The van der Waals surface area contributed by atoms with E-state index in [0.29, 0.717) is 26.9 Å². The third-order valence-electron chi connectivity index (χ3n) is 2.72. The lowest BCUT2D eigenvalue weighted by molar-refractivity contribution is 0.409. The van der Waals surface area contributed by atoms with E-state index in [-0.39, 0.29) is 0 Å². The number of hydrogen-bond acceptors (Lipinski definition) is 1. The second-order valence-corrected chi connectivity index (χ2v) is 5.13. The Kier molecular flexibility index (Phi) is 4.56. The van der Waals surface area contributed by atoms with E-state index in [1.807, 2.05) is 0 Å². The molecular weight excluding hydrogens is 310 g/mol. The Balaban J connectivity index is 2.55. The van der Waals surface area contributed by atoms with Gasteiger partial charge in [-0.3, -0.25) is 0 Å². The van der Waals surface area contributed by atoms with Gasteiger partial charge in [0, 0.05) is 21.2 Å². The summed E-state index contributed by atoms with van der Waals surface area (Å²) < 4.78 is 18.6. The van der Waals surface area contributed by atoms with Crippen molar-refractivity contribution in [1.29, 1.82) is 0 Å². The third kappa shape index (κ3) is 2.97. The van der Waals surface area contributed by atoms with Crippen molar-refractivity contribution in [3.05, 3.63) is 63.4 Å². The van der Waals surface area contributed by atoms with Gasteiger partial charge in [-0.05, 0) is 30.3 Å². The number of benzene rings is 2. The van der Waals surface area contributed by atoms with E-state index in [4.69, 9.17) is 39.5 Å². The van der Waals surface area contributed by atoms with E-state index < -0.39 is 11.2 Å². The van der Waals surface area contributed by atoms with Crippen molar-refractivity contribution in [2.24, 2.45) is 0 Å². The molecule has 0 radical (unpaired) electrons. The van der Waals surface area contributed by atoms with Crippen LogP contribution in [-0.4, -0.2) is 7.11 Å². The molecule has 2 aromatic carbocycles. The van der Waals surface area contributed by atoms with Gasteiger partial charge in [0.15, 0.2) is 0 Å². The van der Waals surface area contributed by atoms with Crippen molar-refractivity contribution in [2.75, 3.05) is 7.11 Å². The topological polar surface area (TPSA) is 9.23 Å². The summed E-state index contributed by atoms with van der Waals surface area (Å²) in [5, 5.41) is 0.171. The highest BCUT2D eigenvalue weighted by atomic mass is 35.5. The van der Waals surface area contributed by atoms with Crippen LogP contribution in [0.4, 0.5) is 4.39 Å². The summed E-state index contributed by atoms with van der Waals surface area (Å²) in [6.45, 7) is 0. The molecule has 0 aromatic heterocycles. The summed E-state index contributed by atoms with van der Waals surface area (Å²) in [7, 11) is 1.49. The average Bonchev–Trinajstić information content (AvgIpc) is 2.38. The maximum Gasteiger partial charge on any atom is 0.124 e. The first kappa shape index (κ1) is 14.4. The Morgan fingerprint density at radius 3 is 2.32 bits per heavy atom. The van der Waals surface area contributed by atoms with Crippen molar-refractivity contribution >= 4 is 34.8 Å². The number of ether oxygens (including phenoxy) is 1. The molecule has 0 aliphatic rings. The van der Waals surface area contributed by atoms with Gasteiger partial charge in [-0.2, -0.15) is 0 Å². The first-order valence-electron chi connectivity index (χ1n) is 5.46. The van der Waals surface area contributed by atoms with Crippen LogP contribution in [0.25, 0.3) is 0 Å². The first-order chi connectivity index (χ1) is 9.04. The van der Waals surface area contributed by atoms with Crippen molar-refractivity contribution in [2.45, 2.75) is 5.38 Å². The lowest BCUT2D eigenvalue weighted by Gasteiger charge is -2.16. The van der Waals surface area contributed by atoms with Gasteiger partial charge < -0.3 is 4.74 Å². The van der Waals surface area contributed by atoms with Gasteiger partial charge in [-0.15, -0.1) is 11.6 Å². The zero-order chi connectivity index (χ0) is 14.0. The Morgan fingerprint density at radius 2 is 1.74 bits per heavy atom. The molecule has 0 spiro atoms. The zero-order valence-corrected chi connectivity index (χ0v) is 12.2. The molecular formula is C14H10Cl3FO. The Labute approximate surface area is 125 Å². The Hall–Kier alpha value is -0.960. The fourth-order valence-corrected chi connectivity index (χ4v) is 2.94. The van der Waals surface area contributed by atoms with Gasteiger partial charge in [0.05, 0.1) is 12.5 Å². The van der Waals surface area contributed by atoms with Gasteiger partial charge >= 0.3 is 0 Å². The van der Waals surface area contributed by atoms with Crippen molar-refractivity contribution in [1.82, 2.24) is 0 Å². The molecule has 0 fully saturated rings. The van der Waals surface area contributed by atoms with Crippen molar-refractivity contribution in [3.8, 4) is 5.75 Å². The second-order valence-electron chi connectivity index (χ2n) is 3.88. The summed E-state index contributed by atoms with van der Waals surface area (Å²) >= 11 is 18.6. The fraction of sp³-hybridized carbons (Fsp3) is 0.143. The predicted molar refractivity (Wildman–Crippen MR) is 77.1 cm³/mol. The van der Waals surface area contributed by atoms with E-state index in [0.717, 1.165) is 0 Å². The zero-order valence-electron chi connectivity index (χ0n) is 9.96. The molecule has 0 saturated heterocycles. The molecule has 19 heavy (non-hydrogen) atoms. The standard InChI is InChI=1S/C14H10Cl3FO/c1-19-12-6-5-8(18)7-9(12)14(17)13-10(15)3-2-4-11(13)16/h2-7,14H,1H3. The van der Waals surface area contributed by atoms with Gasteiger partial charge in [0.1, 0.15) is 11.6 Å². The molecule has 100 valence electrons. The molecule has 2 aromatic rings. The Bertz CT molecular complexity index is 581. The summed E-state index contributed by atoms with van der Waals surface area (Å²) in [5.74, 6) is 0.0852. The molecule has 1 unspecified atom stereocenters. The van der Waals surface area contributed by atoms with Crippen molar-refractivity contribution in [3.63, 3.8) is 0 Å². The minimum absolute atomic E-state index is 0.398. The van der Waals surface area contributed by atoms with Crippen LogP contribution in [0.3, 0.4) is 0 Å². The van der Waals surface area contributed by atoms with Crippen LogP contribution in [0.2, 0.25) is 10.0 Å². The van der Waals surface area contributed by atoms with Crippen LogP contribution in [0.1, 0.15) is 16.5 Å². The van der Waals surface area contributed by atoms with E-state index in [2.05, 4.69) is 0 Å². The maximum absolute atomic E-state index is 13.4. The van der Waals surface area contributed by atoms with Crippen LogP contribution in [0.5, 0.6) is 5.75 Å². The molecule has 5 heteroatoms. The quantitative estimate of drug-likeness (QED) is 0.682. The number of halogens is 4. The van der Waals surface area contributed by atoms with E-state index in [1.54, 1.807) is 18.2 Å². The van der Waals surface area contributed by atoms with Crippen LogP contribution < -0.4 is 4.74 Å². The lowest BCUT2D eigenvalue weighted by Crippen LogP contribution is -2.00. The molecule has 1 atom stereocenters. The lowest BCUT2D eigenvalue weighted by atomic mass is 10.0. The van der Waals surface area contributed by atoms with Gasteiger partial charge in [-0.25, -0.2) is 4.39 Å². The number of methoxy groups -OCH3 is 1. The van der Waals surface area contributed by atoms with E-state index in [9.17, 15) is 4.39 Å². The van der Waals surface area contributed by atoms with Crippen LogP contribution >= 0.6 is 34.8 Å². The Morgan fingerprint density at radius 1 is 1.11 bits per heavy atom. The van der Waals surface area contributed by atoms with Crippen LogP contribution in [-0.2, 0) is 0 Å². The first-order valence-corrected chi connectivity index (χ1v) is 6.65. The van der Waals surface area contributed by atoms with Crippen LogP contribution in [0.15, 0.2) is 36.4 Å². The monoisotopic (exact) mass is 318 g/mol. The average molecular weight is 320 g/mol. The molecule has 0 bridgehead atoms. The molecule has 0 N–H and O–H groups in total. The maximum atomic E-state index is 13.4. The fourth-order valence-electron chi connectivity index (χ4n) is 1.81. The summed E-state index contributed by atoms with van der Waals surface area (Å²) in [6.07, 6.45) is 0.